The number of nitrogens with zero attached hydrogens (tertiary/aromatic N) is 1. The van der Waals surface area contributed by atoms with Gasteiger partial charge >= 0.3 is 0 Å². The summed E-state index contributed by atoms with van der Waals surface area (Å²) in [6.45, 7) is 1.25. The standard InChI is InChI=1S/C17H14Cl2F2N2O2/c1-10(24)23(11-5-6-14(20)15(21)9-11)8-7-16(25)22-17-12(18)3-2-4-13(17)19/h2-6,9H,7-8H2,1H3,(H,22,25). The third kappa shape index (κ3) is 4.90. The van der Waals surface area contributed by atoms with E-state index in [0.717, 1.165) is 12.1 Å². The summed E-state index contributed by atoms with van der Waals surface area (Å²) in [5.41, 5.74) is 0.438. The van der Waals surface area contributed by atoms with E-state index in [2.05, 4.69) is 5.32 Å². The van der Waals surface area contributed by atoms with E-state index in [1.807, 2.05) is 0 Å². The minimum Gasteiger partial charge on any atom is -0.323 e. The molecule has 2 amide bonds. The lowest BCUT2D eigenvalue weighted by Gasteiger charge is -2.21. The molecule has 0 atom stereocenters. The fraction of sp³-hybridized carbons (Fsp3) is 0.176. The number of para-hydroxylation sites is 1. The molecular weight excluding hydrogens is 373 g/mol. The monoisotopic (exact) mass is 386 g/mol. The van der Waals surface area contributed by atoms with Crippen LogP contribution in [-0.4, -0.2) is 18.4 Å². The van der Waals surface area contributed by atoms with Crippen molar-refractivity contribution in [2.45, 2.75) is 13.3 Å². The minimum atomic E-state index is -1.07. The van der Waals surface area contributed by atoms with E-state index in [-0.39, 0.29) is 34.4 Å². The Kier molecular flexibility index (Phi) is 6.33. The Morgan fingerprint density at radius 3 is 2.28 bits per heavy atom. The van der Waals surface area contributed by atoms with E-state index < -0.39 is 23.4 Å². The molecule has 0 heterocycles. The summed E-state index contributed by atoms with van der Waals surface area (Å²) >= 11 is 11.9. The number of rotatable bonds is 5. The van der Waals surface area contributed by atoms with Crippen LogP contribution in [0.5, 0.6) is 0 Å². The fourth-order valence-corrected chi connectivity index (χ4v) is 2.65. The van der Waals surface area contributed by atoms with Crippen LogP contribution in [0.2, 0.25) is 10.0 Å². The van der Waals surface area contributed by atoms with Crippen molar-refractivity contribution in [2.24, 2.45) is 0 Å². The third-order valence-electron chi connectivity index (χ3n) is 3.38. The predicted molar refractivity (Wildman–Crippen MR) is 94.1 cm³/mol. The number of amides is 2. The highest BCUT2D eigenvalue weighted by Crippen LogP contribution is 2.30. The molecule has 132 valence electrons. The quantitative estimate of drug-likeness (QED) is 0.812. The highest BCUT2D eigenvalue weighted by atomic mass is 35.5. The summed E-state index contributed by atoms with van der Waals surface area (Å²) in [6.07, 6.45) is -0.0832. The zero-order valence-electron chi connectivity index (χ0n) is 13.2. The van der Waals surface area contributed by atoms with E-state index >= 15 is 0 Å². The number of benzene rings is 2. The Hall–Kier alpha value is -2.18. The summed E-state index contributed by atoms with van der Waals surface area (Å²) in [6, 6.07) is 7.88. The average Bonchev–Trinajstić information content (AvgIpc) is 2.54. The lowest BCUT2D eigenvalue weighted by molar-refractivity contribution is -0.117. The van der Waals surface area contributed by atoms with Gasteiger partial charge in [-0.1, -0.05) is 29.3 Å². The largest absolute Gasteiger partial charge is 0.323 e. The molecule has 2 aromatic rings. The highest BCUT2D eigenvalue weighted by Gasteiger charge is 2.16. The van der Waals surface area contributed by atoms with Crippen molar-refractivity contribution in [3.8, 4) is 0 Å². The van der Waals surface area contributed by atoms with E-state index in [4.69, 9.17) is 23.2 Å². The van der Waals surface area contributed by atoms with E-state index in [9.17, 15) is 18.4 Å². The van der Waals surface area contributed by atoms with Gasteiger partial charge in [0.1, 0.15) is 0 Å². The molecule has 2 rings (SSSR count). The van der Waals surface area contributed by atoms with Crippen molar-refractivity contribution in [2.75, 3.05) is 16.8 Å². The molecule has 2 aromatic carbocycles. The Bertz CT molecular complexity index is 795. The van der Waals surface area contributed by atoms with Gasteiger partial charge in [-0.05, 0) is 24.3 Å². The number of anilines is 2. The maximum atomic E-state index is 13.4. The maximum absolute atomic E-state index is 13.4. The van der Waals surface area contributed by atoms with Crippen LogP contribution in [0.25, 0.3) is 0 Å². The first-order chi connectivity index (χ1) is 11.8. The predicted octanol–water partition coefficient (Wildman–Crippen LogP) is 4.65. The van der Waals surface area contributed by atoms with Gasteiger partial charge in [-0.25, -0.2) is 8.78 Å². The number of carbonyl (C=O) groups excluding carboxylic acids is 2. The zero-order chi connectivity index (χ0) is 18.6. The number of halogens is 4. The van der Waals surface area contributed by atoms with Crippen LogP contribution in [0.3, 0.4) is 0 Å². The van der Waals surface area contributed by atoms with E-state index in [1.54, 1.807) is 18.2 Å². The van der Waals surface area contributed by atoms with Crippen LogP contribution < -0.4 is 10.2 Å². The van der Waals surface area contributed by atoms with Gasteiger partial charge in [0, 0.05) is 31.6 Å². The van der Waals surface area contributed by atoms with Crippen molar-refractivity contribution >= 4 is 46.4 Å². The van der Waals surface area contributed by atoms with Crippen LogP contribution in [0.1, 0.15) is 13.3 Å². The zero-order valence-corrected chi connectivity index (χ0v) is 14.7. The molecular formula is C17H14Cl2F2N2O2. The Morgan fingerprint density at radius 2 is 1.72 bits per heavy atom. The van der Waals surface area contributed by atoms with Crippen molar-refractivity contribution in [3.05, 3.63) is 58.1 Å². The van der Waals surface area contributed by atoms with Crippen LogP contribution in [0.15, 0.2) is 36.4 Å². The molecule has 0 spiro atoms. The lowest BCUT2D eigenvalue weighted by atomic mass is 10.2. The summed E-state index contributed by atoms with van der Waals surface area (Å²) in [5.74, 6) is -2.92. The maximum Gasteiger partial charge on any atom is 0.226 e. The van der Waals surface area contributed by atoms with Gasteiger partial charge in [0.2, 0.25) is 11.8 Å². The molecule has 0 bridgehead atoms. The Balaban J connectivity index is 2.07. The first-order valence-electron chi connectivity index (χ1n) is 7.26. The molecule has 0 aliphatic heterocycles. The van der Waals surface area contributed by atoms with Crippen LogP contribution in [-0.2, 0) is 9.59 Å². The normalized spacial score (nSPS) is 10.4. The van der Waals surface area contributed by atoms with Gasteiger partial charge in [0.15, 0.2) is 11.6 Å². The molecule has 0 aliphatic rings. The van der Waals surface area contributed by atoms with Gasteiger partial charge in [0.25, 0.3) is 0 Å². The second kappa shape index (κ2) is 8.27. The van der Waals surface area contributed by atoms with Crippen molar-refractivity contribution in [1.29, 1.82) is 0 Å². The van der Waals surface area contributed by atoms with Gasteiger partial charge in [-0.2, -0.15) is 0 Å². The number of carbonyl (C=O) groups is 2. The summed E-state index contributed by atoms with van der Waals surface area (Å²) < 4.78 is 26.4. The topological polar surface area (TPSA) is 49.4 Å². The summed E-state index contributed by atoms with van der Waals surface area (Å²) in [7, 11) is 0. The molecule has 0 fully saturated rings. The van der Waals surface area contributed by atoms with Crippen LogP contribution in [0.4, 0.5) is 20.2 Å². The van der Waals surface area contributed by atoms with Crippen molar-refractivity contribution in [1.82, 2.24) is 0 Å². The van der Waals surface area contributed by atoms with Gasteiger partial charge in [0.05, 0.1) is 15.7 Å². The second-order valence-corrected chi connectivity index (χ2v) is 5.98. The molecule has 25 heavy (non-hydrogen) atoms. The molecule has 8 heteroatoms. The summed E-state index contributed by atoms with van der Waals surface area (Å²) in [5, 5.41) is 3.13. The first kappa shape index (κ1) is 19.1. The third-order valence-corrected chi connectivity index (χ3v) is 4.01. The van der Waals surface area contributed by atoms with Crippen molar-refractivity contribution < 1.29 is 18.4 Å². The van der Waals surface area contributed by atoms with Gasteiger partial charge in [-0.15, -0.1) is 0 Å². The molecule has 0 aliphatic carbocycles. The minimum absolute atomic E-state index is 0.0195. The van der Waals surface area contributed by atoms with Gasteiger partial charge in [-0.3, -0.25) is 9.59 Å². The number of hydrogen-bond donors (Lipinski definition) is 1. The molecule has 0 saturated heterocycles. The highest BCUT2D eigenvalue weighted by molar-refractivity contribution is 6.39. The molecule has 0 radical (unpaired) electrons. The van der Waals surface area contributed by atoms with Crippen LogP contribution in [0, 0.1) is 11.6 Å². The lowest BCUT2D eigenvalue weighted by Crippen LogP contribution is -2.32. The first-order valence-corrected chi connectivity index (χ1v) is 8.02. The second-order valence-electron chi connectivity index (χ2n) is 5.16. The number of hydrogen-bond acceptors (Lipinski definition) is 2. The van der Waals surface area contributed by atoms with E-state index in [0.29, 0.717) is 0 Å². The summed E-state index contributed by atoms with van der Waals surface area (Å²) in [4.78, 5) is 25.0. The molecule has 1 N–H and O–H groups in total. The van der Waals surface area contributed by atoms with Crippen LogP contribution >= 0.6 is 23.2 Å². The average molecular weight is 387 g/mol. The molecule has 4 nitrogen and oxygen atoms in total. The fourth-order valence-electron chi connectivity index (χ4n) is 2.15. The van der Waals surface area contributed by atoms with E-state index in [1.165, 1.54) is 17.9 Å². The Labute approximate surface area is 153 Å². The Morgan fingerprint density at radius 1 is 1.08 bits per heavy atom. The number of nitrogens with one attached hydrogen (secondary N) is 1. The van der Waals surface area contributed by atoms with Gasteiger partial charge < -0.3 is 10.2 Å². The smallest absolute Gasteiger partial charge is 0.226 e. The molecule has 0 saturated carbocycles. The SMILES string of the molecule is CC(=O)N(CCC(=O)Nc1c(Cl)cccc1Cl)c1ccc(F)c(F)c1. The molecule has 0 aromatic heterocycles. The molecule has 0 unspecified atom stereocenters. The van der Waals surface area contributed by atoms with Crippen molar-refractivity contribution in [3.63, 3.8) is 0 Å².